The molecular formula is C12H14N4O4S. The van der Waals surface area contributed by atoms with Crippen molar-refractivity contribution in [3.8, 4) is 5.69 Å². The molecule has 3 N–H and O–H groups in total. The molecule has 0 saturated heterocycles. The molecule has 0 aliphatic carbocycles. The maximum absolute atomic E-state index is 11.6. The van der Waals surface area contributed by atoms with Gasteiger partial charge in [0.2, 0.25) is 10.0 Å². The standard InChI is InChI=1S/C12H14N4O4S/c1-14-21(18,19)9-5-3-8(4-6-9)16-7-10(13)11(15-16)12(17)20-2/h3-7,14H,13H2,1-2H3. The van der Waals surface area contributed by atoms with Crippen LogP contribution in [0, 0.1) is 0 Å². The maximum atomic E-state index is 11.6. The summed E-state index contributed by atoms with van der Waals surface area (Å²) in [7, 11) is -0.928. The number of sulfonamides is 1. The number of hydrogen-bond donors (Lipinski definition) is 2. The number of benzene rings is 1. The van der Waals surface area contributed by atoms with Gasteiger partial charge in [0.05, 0.1) is 29.6 Å². The third-order valence-electron chi connectivity index (χ3n) is 2.80. The molecule has 0 amide bonds. The molecule has 0 unspecified atom stereocenters. The molecule has 9 heteroatoms. The number of nitrogens with two attached hydrogens (primary N) is 1. The third-order valence-corrected chi connectivity index (χ3v) is 4.23. The Bertz CT molecular complexity index is 765. The predicted octanol–water partition coefficient (Wildman–Crippen LogP) is 0.149. The summed E-state index contributed by atoms with van der Waals surface area (Å²) in [4.78, 5) is 11.6. The summed E-state index contributed by atoms with van der Waals surface area (Å²) >= 11 is 0. The molecule has 0 radical (unpaired) electrons. The van der Waals surface area contributed by atoms with E-state index < -0.39 is 16.0 Å². The topological polar surface area (TPSA) is 116 Å². The number of esters is 1. The minimum atomic E-state index is -3.50. The largest absolute Gasteiger partial charge is 0.464 e. The number of hydrogen-bond acceptors (Lipinski definition) is 6. The van der Waals surface area contributed by atoms with Gasteiger partial charge in [-0.25, -0.2) is 22.6 Å². The van der Waals surface area contributed by atoms with Crippen molar-refractivity contribution in [3.05, 3.63) is 36.2 Å². The Morgan fingerprint density at radius 3 is 2.48 bits per heavy atom. The lowest BCUT2D eigenvalue weighted by Gasteiger charge is -2.04. The Morgan fingerprint density at radius 1 is 1.33 bits per heavy atom. The Morgan fingerprint density at radius 2 is 1.95 bits per heavy atom. The van der Waals surface area contributed by atoms with Gasteiger partial charge < -0.3 is 10.5 Å². The molecule has 0 fully saturated rings. The lowest BCUT2D eigenvalue weighted by atomic mass is 10.3. The number of rotatable bonds is 4. The number of carbonyl (C=O) groups is 1. The Hall–Kier alpha value is -2.39. The highest BCUT2D eigenvalue weighted by Gasteiger charge is 2.16. The molecule has 0 atom stereocenters. The van der Waals surface area contributed by atoms with Crippen molar-refractivity contribution in [1.82, 2.24) is 14.5 Å². The molecule has 1 aromatic carbocycles. The third kappa shape index (κ3) is 2.88. The number of methoxy groups -OCH3 is 1. The van der Waals surface area contributed by atoms with Crippen LogP contribution in [0.5, 0.6) is 0 Å². The first-order valence-corrected chi connectivity index (χ1v) is 7.35. The summed E-state index contributed by atoms with van der Waals surface area (Å²) < 4.78 is 31.4. The molecule has 0 saturated carbocycles. The lowest BCUT2D eigenvalue weighted by Crippen LogP contribution is -2.18. The normalized spacial score (nSPS) is 11.3. The second-order valence-electron chi connectivity index (χ2n) is 4.07. The average Bonchev–Trinajstić information content (AvgIpc) is 2.88. The average molecular weight is 310 g/mol. The Kier molecular flexibility index (Phi) is 3.96. The molecule has 0 spiro atoms. The van der Waals surface area contributed by atoms with Gasteiger partial charge in [-0.1, -0.05) is 0 Å². The molecule has 1 aromatic heterocycles. The van der Waals surface area contributed by atoms with Gasteiger partial charge in [0.15, 0.2) is 5.69 Å². The van der Waals surface area contributed by atoms with Crippen LogP contribution in [0.2, 0.25) is 0 Å². The van der Waals surface area contributed by atoms with E-state index in [9.17, 15) is 13.2 Å². The summed E-state index contributed by atoms with van der Waals surface area (Å²) in [5, 5.41) is 4.01. The number of aromatic nitrogens is 2. The van der Waals surface area contributed by atoms with Gasteiger partial charge in [0.1, 0.15) is 0 Å². The first-order chi connectivity index (χ1) is 9.89. The van der Waals surface area contributed by atoms with Crippen LogP contribution in [0.4, 0.5) is 5.69 Å². The zero-order chi connectivity index (χ0) is 15.6. The van der Waals surface area contributed by atoms with Crippen LogP contribution in [-0.2, 0) is 14.8 Å². The molecule has 0 bridgehead atoms. The molecule has 0 aliphatic heterocycles. The van der Waals surface area contributed by atoms with Crippen LogP contribution in [0.25, 0.3) is 5.69 Å². The van der Waals surface area contributed by atoms with E-state index in [1.165, 1.54) is 37.2 Å². The SMILES string of the molecule is CNS(=O)(=O)c1ccc(-n2cc(N)c(C(=O)OC)n2)cc1. The molecule has 8 nitrogen and oxygen atoms in total. The van der Waals surface area contributed by atoms with E-state index in [0.717, 1.165) is 0 Å². The minimum Gasteiger partial charge on any atom is -0.464 e. The van der Waals surface area contributed by atoms with Gasteiger partial charge in [0.25, 0.3) is 0 Å². The van der Waals surface area contributed by atoms with Crippen LogP contribution in [0.3, 0.4) is 0 Å². The number of carbonyl (C=O) groups excluding carboxylic acids is 1. The second-order valence-corrected chi connectivity index (χ2v) is 5.96. The number of nitrogens with zero attached hydrogens (tertiary/aromatic N) is 2. The summed E-state index contributed by atoms with van der Waals surface area (Å²) in [6.07, 6.45) is 1.45. The number of ether oxygens (including phenoxy) is 1. The number of anilines is 1. The number of nitrogen functional groups attached to an aromatic ring is 1. The van der Waals surface area contributed by atoms with Gasteiger partial charge in [-0.2, -0.15) is 5.10 Å². The van der Waals surface area contributed by atoms with E-state index in [0.29, 0.717) is 5.69 Å². The van der Waals surface area contributed by atoms with Crippen molar-refractivity contribution in [3.63, 3.8) is 0 Å². The second kappa shape index (κ2) is 5.54. The Labute approximate surface area is 121 Å². The van der Waals surface area contributed by atoms with Crippen LogP contribution >= 0.6 is 0 Å². The zero-order valence-corrected chi connectivity index (χ0v) is 12.2. The highest BCUT2D eigenvalue weighted by molar-refractivity contribution is 7.89. The zero-order valence-electron chi connectivity index (χ0n) is 11.4. The first-order valence-electron chi connectivity index (χ1n) is 5.86. The fraction of sp³-hybridized carbons (Fsp3) is 0.167. The van der Waals surface area contributed by atoms with E-state index in [-0.39, 0.29) is 16.3 Å². The fourth-order valence-corrected chi connectivity index (χ4v) is 2.40. The van der Waals surface area contributed by atoms with Crippen molar-refractivity contribution in [2.45, 2.75) is 4.90 Å². The van der Waals surface area contributed by atoms with Gasteiger partial charge in [-0.05, 0) is 31.3 Å². The van der Waals surface area contributed by atoms with E-state index in [1.807, 2.05) is 0 Å². The van der Waals surface area contributed by atoms with Crippen molar-refractivity contribution in [2.24, 2.45) is 0 Å². The summed E-state index contributed by atoms with van der Waals surface area (Å²) in [5.41, 5.74) is 6.43. The van der Waals surface area contributed by atoms with Crippen molar-refractivity contribution in [2.75, 3.05) is 19.9 Å². The molecule has 0 aliphatic rings. The molecule has 1 heterocycles. The highest BCUT2D eigenvalue weighted by atomic mass is 32.2. The highest BCUT2D eigenvalue weighted by Crippen LogP contribution is 2.17. The number of nitrogens with one attached hydrogen (secondary N) is 1. The van der Waals surface area contributed by atoms with E-state index in [4.69, 9.17) is 5.73 Å². The monoisotopic (exact) mass is 310 g/mol. The molecular weight excluding hydrogens is 296 g/mol. The van der Waals surface area contributed by atoms with E-state index in [2.05, 4.69) is 14.6 Å². The van der Waals surface area contributed by atoms with E-state index in [1.54, 1.807) is 12.1 Å². The van der Waals surface area contributed by atoms with Gasteiger partial charge in [-0.3, -0.25) is 0 Å². The molecule has 2 rings (SSSR count). The Balaban J connectivity index is 2.38. The quantitative estimate of drug-likeness (QED) is 0.776. The smallest absolute Gasteiger partial charge is 0.360 e. The van der Waals surface area contributed by atoms with Crippen molar-refractivity contribution < 1.29 is 17.9 Å². The van der Waals surface area contributed by atoms with E-state index >= 15 is 0 Å². The maximum Gasteiger partial charge on any atom is 0.360 e. The first kappa shape index (κ1) is 15.0. The minimum absolute atomic E-state index is 0.00410. The summed E-state index contributed by atoms with van der Waals surface area (Å²) in [6.45, 7) is 0. The van der Waals surface area contributed by atoms with Crippen LogP contribution < -0.4 is 10.5 Å². The van der Waals surface area contributed by atoms with Crippen molar-refractivity contribution >= 4 is 21.7 Å². The van der Waals surface area contributed by atoms with Crippen LogP contribution in [0.1, 0.15) is 10.5 Å². The fourth-order valence-electron chi connectivity index (χ4n) is 1.67. The van der Waals surface area contributed by atoms with Crippen molar-refractivity contribution in [1.29, 1.82) is 0 Å². The summed E-state index contributed by atoms with van der Waals surface area (Å²) in [5.74, 6) is -0.638. The molecule has 21 heavy (non-hydrogen) atoms. The summed E-state index contributed by atoms with van der Waals surface area (Å²) in [6, 6.07) is 5.96. The molecule has 112 valence electrons. The van der Waals surface area contributed by atoms with Gasteiger partial charge in [-0.15, -0.1) is 0 Å². The van der Waals surface area contributed by atoms with Crippen LogP contribution in [0.15, 0.2) is 35.4 Å². The van der Waals surface area contributed by atoms with Crippen LogP contribution in [-0.4, -0.2) is 38.3 Å². The van der Waals surface area contributed by atoms with Gasteiger partial charge in [0, 0.05) is 0 Å². The molecule has 2 aromatic rings. The predicted molar refractivity (Wildman–Crippen MR) is 75.6 cm³/mol. The van der Waals surface area contributed by atoms with Gasteiger partial charge >= 0.3 is 5.97 Å². The lowest BCUT2D eigenvalue weighted by molar-refractivity contribution is 0.0594.